The van der Waals surface area contributed by atoms with Crippen molar-refractivity contribution in [1.29, 1.82) is 0 Å². The van der Waals surface area contributed by atoms with Crippen molar-refractivity contribution in [1.82, 2.24) is 14.4 Å². The molecule has 1 atom stereocenters. The zero-order chi connectivity index (χ0) is 18.9. The number of amides is 1. The molecule has 0 bridgehead atoms. The van der Waals surface area contributed by atoms with E-state index in [1.807, 2.05) is 0 Å². The number of oxazole rings is 1. The molecule has 1 N–H and O–H groups in total. The lowest BCUT2D eigenvalue weighted by Gasteiger charge is -2.34. The van der Waals surface area contributed by atoms with Crippen molar-refractivity contribution in [2.45, 2.75) is 25.0 Å². The molecule has 8 nitrogen and oxygen atoms in total. The predicted octanol–water partition coefficient (Wildman–Crippen LogP) is 0.280. The number of para-hydroxylation sites is 2. The second kappa shape index (κ2) is 7.46. The van der Waals surface area contributed by atoms with Gasteiger partial charge < -0.3 is 24.1 Å². The molecule has 1 amide bonds. The smallest absolute Gasteiger partial charge is 0.408 e. The monoisotopic (exact) mass is 375 g/mol. The van der Waals surface area contributed by atoms with Crippen molar-refractivity contribution < 1.29 is 19.1 Å². The number of carbonyl (C=O) groups is 1. The summed E-state index contributed by atoms with van der Waals surface area (Å²) in [5.74, 6) is -0.781. The van der Waals surface area contributed by atoms with E-state index in [2.05, 4.69) is 4.90 Å². The summed E-state index contributed by atoms with van der Waals surface area (Å²) in [6.45, 7) is 3.48. The fourth-order valence-corrected chi connectivity index (χ4v) is 3.98. The summed E-state index contributed by atoms with van der Waals surface area (Å²) in [6, 6.07) is 7.03. The van der Waals surface area contributed by atoms with E-state index in [4.69, 9.17) is 9.15 Å². The molecule has 2 aliphatic rings. The minimum Gasteiger partial charge on any atom is -0.408 e. The number of nitrogens with zero attached hydrogens (tertiary/aromatic N) is 3. The number of hydrogen-bond acceptors (Lipinski definition) is 6. The number of carbonyl (C=O) groups excluding carboxylic acids is 1. The van der Waals surface area contributed by atoms with Crippen molar-refractivity contribution >= 4 is 17.0 Å². The van der Waals surface area contributed by atoms with Gasteiger partial charge in [0.25, 0.3) is 0 Å². The van der Waals surface area contributed by atoms with E-state index in [0.717, 1.165) is 25.9 Å². The molecule has 0 saturated carbocycles. The number of likely N-dealkylation sites (tertiary alicyclic amines) is 1. The average Bonchev–Trinajstić information content (AvgIpc) is 3.20. The summed E-state index contributed by atoms with van der Waals surface area (Å²) >= 11 is 0. The Morgan fingerprint density at radius 3 is 2.78 bits per heavy atom. The Bertz CT molecular complexity index is 870. The number of benzene rings is 1. The van der Waals surface area contributed by atoms with Gasteiger partial charge in [-0.05, 0) is 38.1 Å². The van der Waals surface area contributed by atoms with E-state index in [0.29, 0.717) is 30.8 Å². The van der Waals surface area contributed by atoms with Gasteiger partial charge in [0, 0.05) is 13.1 Å². The van der Waals surface area contributed by atoms with Gasteiger partial charge in [0.1, 0.15) is 12.1 Å². The summed E-state index contributed by atoms with van der Waals surface area (Å²) in [6.07, 6.45) is 2.27. The third-order valence-corrected chi connectivity index (χ3v) is 5.30. The van der Waals surface area contributed by atoms with Crippen molar-refractivity contribution in [3.8, 4) is 0 Å². The Kier molecular flexibility index (Phi) is 5.03. The van der Waals surface area contributed by atoms with Crippen LogP contribution in [0.2, 0.25) is 0 Å². The van der Waals surface area contributed by atoms with Gasteiger partial charge in [-0.2, -0.15) is 0 Å². The lowest BCUT2D eigenvalue weighted by molar-refractivity contribution is -0.135. The number of rotatable bonds is 4. The van der Waals surface area contributed by atoms with Gasteiger partial charge in [-0.25, -0.2) is 4.79 Å². The third kappa shape index (κ3) is 3.92. The van der Waals surface area contributed by atoms with E-state index < -0.39 is 11.4 Å². The maximum absolute atomic E-state index is 12.9. The molecule has 2 fully saturated rings. The van der Waals surface area contributed by atoms with E-state index >= 15 is 0 Å². The second-order valence-electron chi connectivity index (χ2n) is 7.50. The largest absolute Gasteiger partial charge is 0.420 e. The number of ether oxygens (including phenoxy) is 1. The first-order chi connectivity index (χ1) is 13.0. The van der Waals surface area contributed by atoms with Crippen LogP contribution in [0.15, 0.2) is 33.5 Å². The zero-order valence-corrected chi connectivity index (χ0v) is 15.3. The molecule has 2 aromatic rings. The molecule has 0 spiro atoms. The molecular weight excluding hydrogens is 350 g/mol. The molecule has 2 saturated heterocycles. The van der Waals surface area contributed by atoms with Crippen LogP contribution in [-0.4, -0.2) is 76.9 Å². The van der Waals surface area contributed by atoms with Crippen molar-refractivity contribution in [3.63, 3.8) is 0 Å². The summed E-state index contributed by atoms with van der Waals surface area (Å²) < 4.78 is 12.1. The summed E-state index contributed by atoms with van der Waals surface area (Å²) in [7, 11) is 0. The van der Waals surface area contributed by atoms with Gasteiger partial charge >= 0.3 is 5.76 Å². The second-order valence-corrected chi connectivity index (χ2v) is 7.50. The summed E-state index contributed by atoms with van der Waals surface area (Å²) in [5.41, 5.74) is -0.0470. The number of aliphatic hydroxyl groups is 1. The highest BCUT2D eigenvalue weighted by molar-refractivity contribution is 5.79. The minimum absolute atomic E-state index is 0.115. The Labute approximate surface area is 156 Å². The van der Waals surface area contributed by atoms with Gasteiger partial charge in [-0.3, -0.25) is 9.36 Å². The molecule has 3 heterocycles. The van der Waals surface area contributed by atoms with Crippen LogP contribution in [0.5, 0.6) is 0 Å². The average molecular weight is 375 g/mol. The van der Waals surface area contributed by atoms with Crippen LogP contribution < -0.4 is 5.76 Å². The molecular formula is C19H25N3O5. The van der Waals surface area contributed by atoms with Gasteiger partial charge in [-0.1, -0.05) is 12.1 Å². The minimum atomic E-state index is -1.10. The first-order valence-corrected chi connectivity index (χ1v) is 9.43. The van der Waals surface area contributed by atoms with Gasteiger partial charge in [-0.15, -0.1) is 0 Å². The molecule has 27 heavy (non-hydrogen) atoms. The van der Waals surface area contributed by atoms with Gasteiger partial charge in [0.15, 0.2) is 5.58 Å². The molecule has 1 aromatic carbocycles. The quantitative estimate of drug-likeness (QED) is 0.826. The number of β-amino-alcohol motifs (C(OH)–C–C–N with tert-alkyl or cyclic N) is 1. The van der Waals surface area contributed by atoms with Crippen LogP contribution >= 0.6 is 0 Å². The first-order valence-electron chi connectivity index (χ1n) is 9.43. The number of fused-ring (bicyclic) bond motifs is 1. The van der Waals surface area contributed by atoms with Crippen LogP contribution in [0, 0.1) is 0 Å². The number of aromatic nitrogens is 1. The Balaban J connectivity index is 1.50. The van der Waals surface area contributed by atoms with Gasteiger partial charge in [0.2, 0.25) is 5.91 Å². The van der Waals surface area contributed by atoms with Crippen molar-refractivity contribution in [3.05, 3.63) is 34.8 Å². The lowest BCUT2D eigenvalue weighted by atomic mass is 10.0. The highest BCUT2D eigenvalue weighted by atomic mass is 16.5. The van der Waals surface area contributed by atoms with Crippen molar-refractivity contribution in [2.75, 3.05) is 45.9 Å². The first kappa shape index (κ1) is 18.2. The molecule has 0 unspecified atom stereocenters. The maximum Gasteiger partial charge on any atom is 0.420 e. The standard InChI is InChI=1S/C19H25N3O5/c23-17(11-22-15-5-1-2-6-16(15)27-18(22)24)21-9-10-26-14-19(25,13-21)12-20-7-3-4-8-20/h1-2,5-6,25H,3-4,7-14H2/t19-/m0/s1. The Morgan fingerprint density at radius 2 is 1.96 bits per heavy atom. The van der Waals surface area contributed by atoms with E-state index in [9.17, 15) is 14.7 Å². The lowest BCUT2D eigenvalue weighted by Crippen LogP contribution is -2.53. The van der Waals surface area contributed by atoms with E-state index in [1.54, 1.807) is 29.2 Å². The molecule has 0 aliphatic carbocycles. The zero-order valence-electron chi connectivity index (χ0n) is 15.3. The normalized spacial score (nSPS) is 24.4. The predicted molar refractivity (Wildman–Crippen MR) is 98.5 cm³/mol. The summed E-state index contributed by atoms with van der Waals surface area (Å²) in [4.78, 5) is 28.8. The number of hydrogen-bond donors (Lipinski definition) is 1. The molecule has 1 aromatic heterocycles. The fourth-order valence-electron chi connectivity index (χ4n) is 3.98. The topological polar surface area (TPSA) is 88.2 Å². The van der Waals surface area contributed by atoms with Gasteiger partial charge in [0.05, 0.1) is 25.3 Å². The van der Waals surface area contributed by atoms with Crippen LogP contribution in [-0.2, 0) is 16.1 Å². The van der Waals surface area contributed by atoms with E-state index in [1.165, 1.54) is 4.57 Å². The molecule has 4 rings (SSSR count). The summed E-state index contributed by atoms with van der Waals surface area (Å²) in [5, 5.41) is 11.0. The van der Waals surface area contributed by atoms with Crippen molar-refractivity contribution in [2.24, 2.45) is 0 Å². The molecule has 2 aliphatic heterocycles. The Hall–Kier alpha value is -2.16. The molecule has 0 radical (unpaired) electrons. The van der Waals surface area contributed by atoms with Crippen LogP contribution in [0.4, 0.5) is 0 Å². The fraction of sp³-hybridized carbons (Fsp3) is 0.579. The van der Waals surface area contributed by atoms with Crippen LogP contribution in [0.25, 0.3) is 11.1 Å². The SMILES string of the molecule is O=C(Cn1c(=O)oc2ccccc21)N1CCOC[C@](O)(CN2CCCC2)C1. The van der Waals surface area contributed by atoms with Crippen LogP contribution in [0.3, 0.4) is 0 Å². The maximum atomic E-state index is 12.9. The van der Waals surface area contributed by atoms with Crippen LogP contribution in [0.1, 0.15) is 12.8 Å². The Morgan fingerprint density at radius 1 is 1.19 bits per heavy atom. The highest BCUT2D eigenvalue weighted by Gasteiger charge is 2.36. The molecule has 8 heteroatoms. The highest BCUT2D eigenvalue weighted by Crippen LogP contribution is 2.19. The molecule has 146 valence electrons. The third-order valence-electron chi connectivity index (χ3n) is 5.30. The van der Waals surface area contributed by atoms with E-state index in [-0.39, 0.29) is 25.6 Å².